The number of hydrogen-bond donors (Lipinski definition) is 1. The minimum Gasteiger partial charge on any atom is -0.496 e. The van der Waals surface area contributed by atoms with Crippen molar-refractivity contribution in [1.82, 2.24) is 0 Å². The van der Waals surface area contributed by atoms with Gasteiger partial charge >= 0.3 is 5.97 Å². The zero-order chi connectivity index (χ0) is 14.6. The van der Waals surface area contributed by atoms with Crippen molar-refractivity contribution in [2.24, 2.45) is 5.92 Å². The number of carboxylic acids is 1. The summed E-state index contributed by atoms with van der Waals surface area (Å²) in [5.74, 6) is -1.81. The van der Waals surface area contributed by atoms with Crippen LogP contribution in [0, 0.1) is 5.92 Å². The van der Waals surface area contributed by atoms with Crippen molar-refractivity contribution in [2.45, 2.75) is 33.1 Å². The van der Waals surface area contributed by atoms with Crippen molar-refractivity contribution in [3.8, 4) is 5.75 Å². The molecule has 1 rings (SSSR count). The summed E-state index contributed by atoms with van der Waals surface area (Å²) in [7, 11) is 1.48. The average molecular weight is 264 g/mol. The first kappa shape index (κ1) is 15.2. The Morgan fingerprint density at radius 2 is 1.95 bits per heavy atom. The molecule has 0 aliphatic rings. The van der Waals surface area contributed by atoms with Gasteiger partial charge in [-0.15, -0.1) is 0 Å². The Kier molecular flexibility index (Phi) is 5.10. The van der Waals surface area contributed by atoms with Crippen molar-refractivity contribution in [3.05, 3.63) is 29.3 Å². The molecule has 4 heteroatoms. The van der Waals surface area contributed by atoms with Gasteiger partial charge in [-0.2, -0.15) is 0 Å². The summed E-state index contributed by atoms with van der Waals surface area (Å²) in [5.41, 5.74) is 1.34. The maximum absolute atomic E-state index is 12.3. The van der Waals surface area contributed by atoms with Crippen LogP contribution in [-0.4, -0.2) is 24.0 Å². The van der Waals surface area contributed by atoms with Crippen molar-refractivity contribution in [2.75, 3.05) is 7.11 Å². The normalized spacial score (nSPS) is 12.3. The molecule has 104 valence electrons. The Labute approximate surface area is 113 Å². The highest BCUT2D eigenvalue weighted by atomic mass is 16.5. The van der Waals surface area contributed by atoms with Crippen LogP contribution in [0.2, 0.25) is 0 Å². The van der Waals surface area contributed by atoms with Crippen LogP contribution in [0.25, 0.3) is 0 Å². The van der Waals surface area contributed by atoms with Crippen LogP contribution in [-0.2, 0) is 4.79 Å². The van der Waals surface area contributed by atoms with Gasteiger partial charge in [0.2, 0.25) is 0 Å². The van der Waals surface area contributed by atoms with E-state index >= 15 is 0 Å². The number of methoxy groups -OCH3 is 1. The van der Waals surface area contributed by atoms with Crippen LogP contribution in [0.5, 0.6) is 5.75 Å². The maximum atomic E-state index is 12.3. The van der Waals surface area contributed by atoms with E-state index in [-0.39, 0.29) is 12.3 Å². The number of ketones is 1. The molecule has 0 aromatic heterocycles. The zero-order valence-electron chi connectivity index (χ0n) is 11.8. The van der Waals surface area contributed by atoms with E-state index in [1.54, 1.807) is 19.1 Å². The second kappa shape index (κ2) is 6.36. The van der Waals surface area contributed by atoms with Gasteiger partial charge < -0.3 is 9.84 Å². The highest BCUT2D eigenvalue weighted by Crippen LogP contribution is 2.27. The average Bonchev–Trinajstić information content (AvgIpc) is 2.38. The summed E-state index contributed by atoms with van der Waals surface area (Å²) in [4.78, 5) is 23.4. The lowest BCUT2D eigenvalue weighted by Crippen LogP contribution is -2.23. The lowest BCUT2D eigenvalue weighted by Gasteiger charge is -2.14. The quantitative estimate of drug-likeness (QED) is 0.633. The second-order valence-electron chi connectivity index (χ2n) is 4.78. The van der Waals surface area contributed by atoms with E-state index in [4.69, 9.17) is 9.84 Å². The minimum atomic E-state index is -1.09. The van der Waals surface area contributed by atoms with E-state index in [1.807, 2.05) is 19.9 Å². The topological polar surface area (TPSA) is 63.6 Å². The molecule has 1 unspecified atom stereocenters. The van der Waals surface area contributed by atoms with Gasteiger partial charge in [0.05, 0.1) is 12.7 Å². The van der Waals surface area contributed by atoms with Crippen LogP contribution in [0.4, 0.5) is 0 Å². The van der Waals surface area contributed by atoms with Crippen molar-refractivity contribution in [3.63, 3.8) is 0 Å². The molecule has 0 fully saturated rings. The number of rotatable bonds is 6. The lowest BCUT2D eigenvalue weighted by atomic mass is 9.91. The monoisotopic (exact) mass is 264 g/mol. The van der Waals surface area contributed by atoms with Crippen molar-refractivity contribution >= 4 is 11.8 Å². The van der Waals surface area contributed by atoms with E-state index in [2.05, 4.69) is 0 Å². The van der Waals surface area contributed by atoms with Crippen molar-refractivity contribution in [1.29, 1.82) is 0 Å². The summed E-state index contributed by atoms with van der Waals surface area (Å²) in [5, 5.41) is 9.09. The molecule has 0 amide bonds. The fourth-order valence-electron chi connectivity index (χ4n) is 1.94. The Morgan fingerprint density at radius 3 is 2.37 bits per heavy atom. The number of Topliss-reactive ketones (excluding diaryl/α,β-unsaturated/α-hetero) is 1. The first-order valence-electron chi connectivity index (χ1n) is 6.37. The van der Waals surface area contributed by atoms with Crippen LogP contribution >= 0.6 is 0 Å². The molecule has 0 radical (unpaired) electrons. The fourth-order valence-corrected chi connectivity index (χ4v) is 1.94. The third-order valence-electron chi connectivity index (χ3n) is 3.18. The van der Waals surface area contributed by atoms with Crippen molar-refractivity contribution < 1.29 is 19.4 Å². The smallest absolute Gasteiger partial charge is 0.314 e. The molecule has 4 nitrogen and oxygen atoms in total. The van der Waals surface area contributed by atoms with E-state index < -0.39 is 17.7 Å². The molecule has 0 spiro atoms. The largest absolute Gasteiger partial charge is 0.496 e. The predicted molar refractivity (Wildman–Crippen MR) is 72.8 cm³/mol. The van der Waals surface area contributed by atoms with Gasteiger partial charge in [-0.3, -0.25) is 9.59 Å². The van der Waals surface area contributed by atoms with Gasteiger partial charge in [0.1, 0.15) is 11.7 Å². The fraction of sp³-hybridized carbons (Fsp3) is 0.467. The SMILES string of the molecule is CCC(C(=O)O)C(=O)c1cc(C(C)C)ccc1OC. The van der Waals surface area contributed by atoms with E-state index in [1.165, 1.54) is 7.11 Å². The molecule has 1 atom stereocenters. The standard InChI is InChI=1S/C15H20O4/c1-5-11(15(17)18)14(16)12-8-10(9(2)3)6-7-13(12)19-4/h6-9,11H,5H2,1-4H3,(H,17,18). The van der Waals surface area contributed by atoms with Gasteiger partial charge in [0.25, 0.3) is 0 Å². The second-order valence-corrected chi connectivity index (χ2v) is 4.78. The molecule has 0 saturated heterocycles. The Morgan fingerprint density at radius 1 is 1.32 bits per heavy atom. The minimum absolute atomic E-state index is 0.266. The number of carbonyl (C=O) groups is 2. The summed E-state index contributed by atoms with van der Waals surface area (Å²) in [6, 6.07) is 5.34. The summed E-state index contributed by atoms with van der Waals surface area (Å²) in [6.45, 7) is 5.73. The van der Waals surface area contributed by atoms with Gasteiger partial charge in [-0.1, -0.05) is 26.8 Å². The van der Waals surface area contributed by atoms with Gasteiger partial charge in [-0.25, -0.2) is 0 Å². The number of carbonyl (C=O) groups excluding carboxylic acids is 1. The Bertz CT molecular complexity index is 477. The Balaban J connectivity index is 3.26. The molecule has 0 aliphatic carbocycles. The number of benzene rings is 1. The van der Waals surface area contributed by atoms with Crippen LogP contribution in [0.15, 0.2) is 18.2 Å². The summed E-state index contributed by atoms with van der Waals surface area (Å²) >= 11 is 0. The molecular formula is C15H20O4. The van der Waals surface area contributed by atoms with E-state index in [0.29, 0.717) is 11.3 Å². The molecule has 0 bridgehead atoms. The highest BCUT2D eigenvalue weighted by Gasteiger charge is 2.27. The van der Waals surface area contributed by atoms with Crippen LogP contribution in [0.3, 0.4) is 0 Å². The predicted octanol–water partition coefficient (Wildman–Crippen LogP) is 3.11. The first-order valence-corrected chi connectivity index (χ1v) is 6.37. The molecular weight excluding hydrogens is 244 g/mol. The summed E-state index contributed by atoms with van der Waals surface area (Å²) < 4.78 is 5.16. The van der Waals surface area contributed by atoms with Gasteiger partial charge in [0.15, 0.2) is 5.78 Å². The molecule has 1 N–H and O–H groups in total. The van der Waals surface area contributed by atoms with Crippen LogP contribution in [0.1, 0.15) is 49.0 Å². The van der Waals surface area contributed by atoms with Gasteiger partial charge in [0, 0.05) is 0 Å². The lowest BCUT2D eigenvalue weighted by molar-refractivity contribution is -0.140. The third-order valence-corrected chi connectivity index (χ3v) is 3.18. The van der Waals surface area contributed by atoms with E-state index in [9.17, 15) is 9.59 Å². The molecule has 1 aromatic rings. The molecule has 1 aromatic carbocycles. The third kappa shape index (κ3) is 3.34. The number of hydrogen-bond acceptors (Lipinski definition) is 3. The summed E-state index contributed by atoms with van der Waals surface area (Å²) in [6.07, 6.45) is 0.267. The van der Waals surface area contributed by atoms with Gasteiger partial charge in [-0.05, 0) is 30.0 Å². The molecule has 19 heavy (non-hydrogen) atoms. The molecule has 0 heterocycles. The van der Waals surface area contributed by atoms with E-state index in [0.717, 1.165) is 5.56 Å². The maximum Gasteiger partial charge on any atom is 0.314 e. The zero-order valence-corrected chi connectivity index (χ0v) is 11.8. The number of aliphatic carboxylic acids is 1. The van der Waals surface area contributed by atoms with Crippen LogP contribution < -0.4 is 4.74 Å². The number of ether oxygens (including phenoxy) is 1. The Hall–Kier alpha value is -1.84. The number of carboxylic acid groups (broad SMARTS) is 1. The molecule has 0 saturated carbocycles. The highest BCUT2D eigenvalue weighted by molar-refractivity contribution is 6.09. The molecule has 0 aliphatic heterocycles. The first-order chi connectivity index (χ1) is 8.92.